The van der Waals surface area contributed by atoms with Crippen LogP contribution in [0.2, 0.25) is 0 Å². The van der Waals surface area contributed by atoms with Crippen molar-refractivity contribution in [3.63, 3.8) is 0 Å². The number of rotatable bonds is 5. The minimum Gasteiger partial charge on any atom is -0.453 e. The van der Waals surface area contributed by atoms with E-state index in [0.29, 0.717) is 29.7 Å². The summed E-state index contributed by atoms with van der Waals surface area (Å²) >= 11 is 0. The zero-order chi connectivity index (χ0) is 18.8. The van der Waals surface area contributed by atoms with E-state index in [2.05, 4.69) is 25.2 Å². The van der Waals surface area contributed by atoms with Gasteiger partial charge >= 0.3 is 0 Å². The number of ether oxygens (including phenoxy) is 2. The molecule has 1 fully saturated rings. The molecule has 1 amide bonds. The van der Waals surface area contributed by atoms with Gasteiger partial charge in [0.2, 0.25) is 18.6 Å². The Morgan fingerprint density at radius 1 is 1.30 bits per heavy atom. The fourth-order valence-electron chi connectivity index (χ4n) is 3.35. The second-order valence-electron chi connectivity index (χ2n) is 6.78. The van der Waals surface area contributed by atoms with Gasteiger partial charge in [0, 0.05) is 32.9 Å². The van der Waals surface area contributed by atoms with E-state index in [0.717, 1.165) is 25.1 Å². The van der Waals surface area contributed by atoms with E-state index in [4.69, 9.17) is 9.47 Å². The van der Waals surface area contributed by atoms with Crippen LogP contribution in [0.4, 0.5) is 11.6 Å². The third-order valence-electron chi connectivity index (χ3n) is 4.68. The lowest BCUT2D eigenvalue weighted by atomic mass is 10.2. The van der Waals surface area contributed by atoms with Crippen LogP contribution in [-0.2, 0) is 11.3 Å². The second kappa shape index (κ2) is 7.36. The number of pyridine rings is 1. The molecule has 0 spiro atoms. The first-order valence-corrected chi connectivity index (χ1v) is 8.89. The lowest BCUT2D eigenvalue weighted by Gasteiger charge is -2.23. The molecular formula is C18H22N6O3. The van der Waals surface area contributed by atoms with Gasteiger partial charge in [-0.05, 0) is 19.4 Å². The summed E-state index contributed by atoms with van der Waals surface area (Å²) < 4.78 is 10.9. The van der Waals surface area contributed by atoms with Gasteiger partial charge in [0.05, 0.1) is 24.1 Å². The highest BCUT2D eigenvalue weighted by molar-refractivity contribution is 5.94. The van der Waals surface area contributed by atoms with Gasteiger partial charge in [-0.1, -0.05) is 0 Å². The number of carbonyl (C=O) groups excluding carboxylic acids is 1. The van der Waals surface area contributed by atoms with Gasteiger partial charge in [0.15, 0.2) is 11.5 Å². The monoisotopic (exact) mass is 370 g/mol. The summed E-state index contributed by atoms with van der Waals surface area (Å²) in [5.41, 5.74) is 1.39. The third kappa shape index (κ3) is 3.63. The van der Waals surface area contributed by atoms with Crippen LogP contribution in [-0.4, -0.2) is 59.2 Å². The normalized spacial score (nSPS) is 18.5. The topological polar surface area (TPSA) is 92.7 Å². The molecule has 2 aromatic heterocycles. The summed E-state index contributed by atoms with van der Waals surface area (Å²) in [5.74, 6) is 1.93. The largest absolute Gasteiger partial charge is 0.453 e. The van der Waals surface area contributed by atoms with Crippen molar-refractivity contribution in [1.82, 2.24) is 19.9 Å². The molecule has 0 radical (unpaired) electrons. The van der Waals surface area contributed by atoms with Crippen LogP contribution in [0.3, 0.4) is 0 Å². The smallest absolute Gasteiger partial charge is 0.241 e. The van der Waals surface area contributed by atoms with Gasteiger partial charge in [-0.15, -0.1) is 0 Å². The van der Waals surface area contributed by atoms with Crippen molar-refractivity contribution in [3.8, 4) is 11.5 Å². The molecule has 27 heavy (non-hydrogen) atoms. The molecule has 0 bridgehead atoms. The number of likely N-dealkylation sites (tertiary alicyclic amines) is 1. The van der Waals surface area contributed by atoms with E-state index in [-0.39, 0.29) is 18.7 Å². The molecule has 4 heterocycles. The number of anilines is 2. The van der Waals surface area contributed by atoms with Crippen LogP contribution in [0.15, 0.2) is 24.7 Å². The summed E-state index contributed by atoms with van der Waals surface area (Å²) in [4.78, 5) is 29.6. The SMILES string of the molecule is CN(C)c1ncc(NC(=O)C2CCCN2Cc2nccc3c2OCO3)cn1. The standard InChI is InChI=1S/C18H22N6O3/c1-23(2)18-20-8-12(9-21-18)22-17(25)14-4-3-7-24(14)10-13-16-15(5-6-19-13)26-11-27-16/h5-6,8-9,14H,3-4,7,10-11H2,1-2H3,(H,22,25). The highest BCUT2D eigenvalue weighted by atomic mass is 16.7. The van der Waals surface area contributed by atoms with Crippen molar-refractivity contribution in [2.75, 3.05) is 37.6 Å². The number of hydrogen-bond acceptors (Lipinski definition) is 8. The molecule has 4 rings (SSSR count). The second-order valence-corrected chi connectivity index (χ2v) is 6.78. The Morgan fingerprint density at radius 2 is 2.11 bits per heavy atom. The van der Waals surface area contributed by atoms with Gasteiger partial charge in [-0.2, -0.15) is 0 Å². The Balaban J connectivity index is 1.43. The van der Waals surface area contributed by atoms with Gasteiger partial charge in [0.25, 0.3) is 0 Å². The van der Waals surface area contributed by atoms with E-state index in [1.165, 1.54) is 0 Å². The number of carbonyl (C=O) groups is 1. The molecule has 142 valence electrons. The first kappa shape index (κ1) is 17.5. The van der Waals surface area contributed by atoms with Crippen molar-refractivity contribution >= 4 is 17.5 Å². The fraction of sp³-hybridized carbons (Fsp3) is 0.444. The van der Waals surface area contributed by atoms with Gasteiger partial charge in [-0.3, -0.25) is 14.7 Å². The van der Waals surface area contributed by atoms with Crippen LogP contribution in [0.25, 0.3) is 0 Å². The molecule has 9 nitrogen and oxygen atoms in total. The number of hydrogen-bond donors (Lipinski definition) is 1. The molecule has 1 N–H and O–H groups in total. The summed E-state index contributed by atoms with van der Waals surface area (Å²) in [7, 11) is 3.74. The minimum absolute atomic E-state index is 0.0570. The Labute approximate surface area is 157 Å². The molecular weight excluding hydrogens is 348 g/mol. The maximum absolute atomic E-state index is 12.8. The van der Waals surface area contributed by atoms with Gasteiger partial charge in [-0.25, -0.2) is 9.97 Å². The van der Waals surface area contributed by atoms with Crippen molar-refractivity contribution in [1.29, 1.82) is 0 Å². The van der Waals surface area contributed by atoms with Crippen LogP contribution in [0.1, 0.15) is 18.5 Å². The Hall–Kier alpha value is -2.94. The molecule has 0 saturated carbocycles. The zero-order valence-corrected chi connectivity index (χ0v) is 15.4. The lowest BCUT2D eigenvalue weighted by molar-refractivity contribution is -0.120. The number of nitrogens with zero attached hydrogens (tertiary/aromatic N) is 5. The zero-order valence-electron chi connectivity index (χ0n) is 15.4. The predicted octanol–water partition coefficient (Wildman–Crippen LogP) is 1.27. The first-order chi connectivity index (χ1) is 13.1. The number of fused-ring (bicyclic) bond motifs is 1. The van der Waals surface area contributed by atoms with Crippen molar-refractivity contribution in [3.05, 3.63) is 30.4 Å². The van der Waals surface area contributed by atoms with Crippen LogP contribution < -0.4 is 19.7 Å². The van der Waals surface area contributed by atoms with Crippen LogP contribution >= 0.6 is 0 Å². The number of amides is 1. The average molecular weight is 370 g/mol. The molecule has 9 heteroatoms. The van der Waals surface area contributed by atoms with Crippen molar-refractivity contribution in [2.24, 2.45) is 0 Å². The number of aromatic nitrogens is 3. The summed E-state index contributed by atoms with van der Waals surface area (Å²) in [5, 5.41) is 2.92. The van der Waals surface area contributed by atoms with Gasteiger partial charge < -0.3 is 19.7 Å². The Kier molecular flexibility index (Phi) is 4.76. The predicted molar refractivity (Wildman–Crippen MR) is 98.8 cm³/mol. The summed E-state index contributed by atoms with van der Waals surface area (Å²) in [6.07, 6.45) is 6.71. The fourth-order valence-corrected chi connectivity index (χ4v) is 3.35. The molecule has 1 atom stereocenters. The highest BCUT2D eigenvalue weighted by Gasteiger charge is 2.32. The molecule has 2 aliphatic heterocycles. The quantitative estimate of drug-likeness (QED) is 0.841. The molecule has 1 unspecified atom stereocenters. The maximum Gasteiger partial charge on any atom is 0.241 e. The van der Waals surface area contributed by atoms with Gasteiger partial charge in [0.1, 0.15) is 5.69 Å². The molecule has 2 aromatic rings. The Bertz CT molecular complexity index is 826. The molecule has 0 aromatic carbocycles. The van der Waals surface area contributed by atoms with E-state index in [1.54, 1.807) is 29.6 Å². The van der Waals surface area contributed by atoms with Crippen LogP contribution in [0, 0.1) is 0 Å². The Morgan fingerprint density at radius 3 is 2.89 bits per heavy atom. The number of nitrogens with one attached hydrogen (secondary N) is 1. The third-order valence-corrected chi connectivity index (χ3v) is 4.68. The average Bonchev–Trinajstić information content (AvgIpc) is 3.32. The van der Waals surface area contributed by atoms with E-state index >= 15 is 0 Å². The van der Waals surface area contributed by atoms with Crippen LogP contribution in [0.5, 0.6) is 11.5 Å². The lowest BCUT2D eigenvalue weighted by Crippen LogP contribution is -2.39. The first-order valence-electron chi connectivity index (χ1n) is 8.89. The summed E-state index contributed by atoms with van der Waals surface area (Å²) in [6.45, 7) is 1.59. The minimum atomic E-state index is -0.224. The molecule has 2 aliphatic rings. The highest BCUT2D eigenvalue weighted by Crippen LogP contribution is 2.35. The van der Waals surface area contributed by atoms with Crippen molar-refractivity contribution < 1.29 is 14.3 Å². The molecule has 1 saturated heterocycles. The van der Waals surface area contributed by atoms with E-state index < -0.39 is 0 Å². The maximum atomic E-state index is 12.8. The molecule has 0 aliphatic carbocycles. The summed E-state index contributed by atoms with van der Waals surface area (Å²) in [6, 6.07) is 1.57. The van der Waals surface area contributed by atoms with Crippen molar-refractivity contribution in [2.45, 2.75) is 25.4 Å². The van der Waals surface area contributed by atoms with E-state index in [9.17, 15) is 4.79 Å². The van der Waals surface area contributed by atoms with E-state index in [1.807, 2.05) is 14.1 Å².